The third-order valence-corrected chi connectivity index (χ3v) is 3.22. The Labute approximate surface area is 111 Å². The van der Waals surface area contributed by atoms with E-state index in [-0.39, 0.29) is 11.9 Å². The first-order valence-corrected chi connectivity index (χ1v) is 6.26. The summed E-state index contributed by atoms with van der Waals surface area (Å²) in [4.78, 5) is 2.08. The Bertz CT molecular complexity index is 424. The largest absolute Gasteiger partial charge is 0.707 e. The second kappa shape index (κ2) is 6.34. The molecule has 1 aliphatic rings. The standard InChI is InChI=1S/C12H17BFNO4/c14-12-7-11(19-13(17)18)2-1-9(12)8-15-5-3-10(16)4-6-15/h1-2,7,10,16-18H,3-6,8H2. The first-order chi connectivity index (χ1) is 9.04. The molecule has 7 heteroatoms. The molecule has 0 bridgehead atoms. The van der Waals surface area contributed by atoms with E-state index in [0.717, 1.165) is 19.2 Å². The van der Waals surface area contributed by atoms with Crippen LogP contribution in [0.2, 0.25) is 0 Å². The van der Waals surface area contributed by atoms with Crippen molar-refractivity contribution in [3.05, 3.63) is 29.6 Å². The summed E-state index contributed by atoms with van der Waals surface area (Å²) in [5.41, 5.74) is 0.524. The molecule has 19 heavy (non-hydrogen) atoms. The molecule has 0 spiro atoms. The molecule has 1 aliphatic heterocycles. The molecule has 0 aliphatic carbocycles. The number of hydrogen-bond acceptors (Lipinski definition) is 5. The van der Waals surface area contributed by atoms with Gasteiger partial charge in [-0.15, -0.1) is 0 Å². The maximum absolute atomic E-state index is 13.8. The van der Waals surface area contributed by atoms with Gasteiger partial charge in [-0.05, 0) is 18.9 Å². The van der Waals surface area contributed by atoms with E-state index in [1.165, 1.54) is 6.07 Å². The van der Waals surface area contributed by atoms with Crippen molar-refractivity contribution in [2.45, 2.75) is 25.5 Å². The van der Waals surface area contributed by atoms with Crippen LogP contribution in [0, 0.1) is 5.82 Å². The molecule has 0 unspecified atom stereocenters. The number of rotatable bonds is 4. The Kier molecular flexibility index (Phi) is 4.76. The molecule has 3 N–H and O–H groups in total. The minimum absolute atomic E-state index is 0.0744. The van der Waals surface area contributed by atoms with Crippen LogP contribution in [-0.4, -0.2) is 46.6 Å². The highest BCUT2D eigenvalue weighted by Crippen LogP contribution is 2.20. The van der Waals surface area contributed by atoms with Crippen molar-refractivity contribution in [3.8, 4) is 5.75 Å². The molecule has 104 valence electrons. The molecular formula is C12H17BFNO4. The smallest absolute Gasteiger partial charge is 0.512 e. The Morgan fingerprint density at radius 3 is 2.58 bits per heavy atom. The highest BCUT2D eigenvalue weighted by molar-refractivity contribution is 6.33. The molecule has 1 fully saturated rings. The van der Waals surface area contributed by atoms with E-state index in [0.29, 0.717) is 24.9 Å². The first kappa shape index (κ1) is 14.3. The third kappa shape index (κ3) is 4.17. The van der Waals surface area contributed by atoms with Crippen LogP contribution < -0.4 is 4.65 Å². The number of halogens is 1. The van der Waals surface area contributed by atoms with Crippen LogP contribution in [-0.2, 0) is 6.54 Å². The lowest BCUT2D eigenvalue weighted by molar-refractivity contribution is 0.0787. The van der Waals surface area contributed by atoms with E-state index in [1.54, 1.807) is 6.07 Å². The van der Waals surface area contributed by atoms with Crippen molar-refractivity contribution in [2.75, 3.05) is 13.1 Å². The summed E-state index contributed by atoms with van der Waals surface area (Å²) in [6.07, 6.45) is 1.17. The predicted octanol–water partition coefficient (Wildman–Crippen LogP) is 0.131. The van der Waals surface area contributed by atoms with Gasteiger partial charge in [-0.25, -0.2) is 4.39 Å². The molecule has 1 aromatic carbocycles. The zero-order valence-electron chi connectivity index (χ0n) is 10.5. The van der Waals surface area contributed by atoms with Crippen molar-refractivity contribution in [3.63, 3.8) is 0 Å². The number of aliphatic hydroxyl groups excluding tert-OH is 1. The summed E-state index contributed by atoms with van der Waals surface area (Å²) >= 11 is 0. The molecule has 0 amide bonds. The SMILES string of the molecule is OB(O)Oc1ccc(CN2CCC(O)CC2)c(F)c1. The van der Waals surface area contributed by atoms with Crippen molar-refractivity contribution >= 4 is 7.32 Å². The maximum atomic E-state index is 13.8. The highest BCUT2D eigenvalue weighted by Gasteiger charge is 2.18. The molecule has 1 saturated heterocycles. The van der Waals surface area contributed by atoms with Gasteiger partial charge in [0, 0.05) is 31.3 Å². The lowest BCUT2D eigenvalue weighted by Crippen LogP contribution is -2.35. The van der Waals surface area contributed by atoms with Crippen LogP contribution in [0.4, 0.5) is 4.39 Å². The van der Waals surface area contributed by atoms with Crippen LogP contribution in [0.5, 0.6) is 5.75 Å². The molecule has 0 atom stereocenters. The van der Waals surface area contributed by atoms with Gasteiger partial charge in [0.15, 0.2) is 0 Å². The van der Waals surface area contributed by atoms with Gasteiger partial charge in [-0.3, -0.25) is 4.90 Å². The fourth-order valence-electron chi connectivity index (χ4n) is 2.17. The lowest BCUT2D eigenvalue weighted by atomic mass is 10.1. The van der Waals surface area contributed by atoms with E-state index < -0.39 is 13.1 Å². The highest BCUT2D eigenvalue weighted by atomic mass is 19.1. The zero-order chi connectivity index (χ0) is 13.8. The number of hydrogen-bond donors (Lipinski definition) is 3. The summed E-state index contributed by atoms with van der Waals surface area (Å²) in [6, 6.07) is 4.20. The summed E-state index contributed by atoms with van der Waals surface area (Å²) in [7, 11) is -1.95. The topological polar surface area (TPSA) is 73.2 Å². The Morgan fingerprint density at radius 1 is 1.32 bits per heavy atom. The second-order valence-corrected chi connectivity index (χ2v) is 4.70. The number of piperidine rings is 1. The Hall–Kier alpha value is -1.15. The van der Waals surface area contributed by atoms with Crippen molar-refractivity contribution in [1.29, 1.82) is 0 Å². The van der Waals surface area contributed by atoms with E-state index in [9.17, 15) is 9.50 Å². The minimum atomic E-state index is -1.95. The summed E-state index contributed by atoms with van der Waals surface area (Å²) in [5, 5.41) is 26.7. The molecule has 0 radical (unpaired) electrons. The molecule has 1 aromatic rings. The van der Waals surface area contributed by atoms with E-state index in [4.69, 9.17) is 10.0 Å². The van der Waals surface area contributed by atoms with Gasteiger partial charge in [0.2, 0.25) is 0 Å². The maximum Gasteiger partial charge on any atom is 0.707 e. The van der Waals surface area contributed by atoms with Crippen LogP contribution in [0.15, 0.2) is 18.2 Å². The molecule has 1 heterocycles. The van der Waals surface area contributed by atoms with Crippen LogP contribution >= 0.6 is 0 Å². The fourth-order valence-corrected chi connectivity index (χ4v) is 2.17. The van der Waals surface area contributed by atoms with Gasteiger partial charge in [0.25, 0.3) is 0 Å². The summed E-state index contributed by atoms with van der Waals surface area (Å²) in [5.74, 6) is -0.366. The minimum Gasteiger partial charge on any atom is -0.512 e. The first-order valence-electron chi connectivity index (χ1n) is 6.26. The third-order valence-electron chi connectivity index (χ3n) is 3.22. The zero-order valence-corrected chi connectivity index (χ0v) is 10.5. The quantitative estimate of drug-likeness (QED) is 0.678. The van der Waals surface area contributed by atoms with Gasteiger partial charge >= 0.3 is 7.32 Å². The normalized spacial score (nSPS) is 17.5. The van der Waals surface area contributed by atoms with Gasteiger partial charge in [-0.1, -0.05) is 6.07 Å². The van der Waals surface area contributed by atoms with Gasteiger partial charge in [0.05, 0.1) is 6.10 Å². The molecule has 0 saturated carbocycles. The Morgan fingerprint density at radius 2 is 2.00 bits per heavy atom. The van der Waals surface area contributed by atoms with Crippen molar-refractivity contribution < 1.29 is 24.2 Å². The second-order valence-electron chi connectivity index (χ2n) is 4.70. The fraction of sp³-hybridized carbons (Fsp3) is 0.500. The molecular weight excluding hydrogens is 252 g/mol. The van der Waals surface area contributed by atoms with Crippen molar-refractivity contribution in [2.24, 2.45) is 0 Å². The monoisotopic (exact) mass is 269 g/mol. The summed E-state index contributed by atoms with van der Waals surface area (Å²) < 4.78 is 18.4. The molecule has 5 nitrogen and oxygen atoms in total. The average Bonchev–Trinajstić information content (AvgIpc) is 2.34. The average molecular weight is 269 g/mol. The van der Waals surface area contributed by atoms with Gasteiger partial charge < -0.3 is 19.8 Å². The van der Waals surface area contributed by atoms with Gasteiger partial charge in [0.1, 0.15) is 11.6 Å². The van der Waals surface area contributed by atoms with E-state index in [2.05, 4.69) is 9.55 Å². The number of benzene rings is 1. The molecule has 0 aromatic heterocycles. The van der Waals surface area contributed by atoms with E-state index >= 15 is 0 Å². The van der Waals surface area contributed by atoms with E-state index in [1.807, 2.05) is 0 Å². The van der Waals surface area contributed by atoms with Crippen LogP contribution in [0.3, 0.4) is 0 Å². The lowest BCUT2D eigenvalue weighted by Gasteiger charge is -2.29. The Balaban J connectivity index is 1.97. The number of aliphatic hydroxyl groups is 1. The predicted molar refractivity (Wildman–Crippen MR) is 67.7 cm³/mol. The summed E-state index contributed by atoms with van der Waals surface area (Å²) in [6.45, 7) is 1.96. The van der Waals surface area contributed by atoms with Gasteiger partial charge in [-0.2, -0.15) is 0 Å². The van der Waals surface area contributed by atoms with Crippen LogP contribution in [0.1, 0.15) is 18.4 Å². The molecule has 2 rings (SSSR count). The van der Waals surface area contributed by atoms with Crippen LogP contribution in [0.25, 0.3) is 0 Å². The number of nitrogens with zero attached hydrogens (tertiary/aromatic N) is 1. The number of likely N-dealkylation sites (tertiary alicyclic amines) is 1. The van der Waals surface area contributed by atoms with Crippen molar-refractivity contribution in [1.82, 2.24) is 4.90 Å².